The minimum Gasteiger partial charge on any atom is -0.456 e. The smallest absolute Gasteiger partial charge is 0.384 e. The van der Waals surface area contributed by atoms with Gasteiger partial charge in [0.1, 0.15) is 0 Å². The number of nitro benzene ring substituents is 1. The van der Waals surface area contributed by atoms with Gasteiger partial charge in [0.25, 0.3) is 0 Å². The minimum absolute atomic E-state index is 0.122. The topological polar surface area (TPSA) is 69.4 Å². The molecule has 0 saturated heterocycles. The molecule has 0 amide bonds. The van der Waals surface area contributed by atoms with Crippen LogP contribution in [-0.4, -0.2) is 17.5 Å². The Morgan fingerprint density at radius 1 is 1.44 bits per heavy atom. The molecular weight excluding hydrogens is 248 g/mol. The summed E-state index contributed by atoms with van der Waals surface area (Å²) in [5.74, 6) is 0.581. The highest BCUT2D eigenvalue weighted by atomic mass is 19.1. The number of halogens is 2. The van der Waals surface area contributed by atoms with Gasteiger partial charge < -0.3 is 4.74 Å². The van der Waals surface area contributed by atoms with Crippen molar-refractivity contribution in [2.45, 2.75) is 6.92 Å². The first-order chi connectivity index (χ1) is 8.45. The Labute approximate surface area is 101 Å². The molecule has 0 atom stereocenters. The van der Waals surface area contributed by atoms with Crippen molar-refractivity contribution in [3.05, 3.63) is 39.4 Å². The average Bonchev–Trinajstić information content (AvgIpc) is 2.25. The summed E-state index contributed by atoms with van der Waals surface area (Å²) in [6.07, 6.45) is 0. The first kappa shape index (κ1) is 13.6. The van der Waals surface area contributed by atoms with E-state index in [2.05, 4.69) is 10.7 Å². The third kappa shape index (κ3) is 3.25. The van der Waals surface area contributed by atoms with Crippen molar-refractivity contribution in [1.82, 2.24) is 0 Å². The third-order valence-electron chi connectivity index (χ3n) is 1.78. The zero-order chi connectivity index (χ0) is 13.7. The van der Waals surface area contributed by atoms with Gasteiger partial charge in [-0.3, -0.25) is 10.1 Å². The van der Waals surface area contributed by atoms with E-state index in [0.29, 0.717) is 12.1 Å². The van der Waals surface area contributed by atoms with Crippen LogP contribution in [-0.2, 0) is 9.53 Å². The van der Waals surface area contributed by atoms with Crippen molar-refractivity contribution in [3.8, 4) is 11.8 Å². The zero-order valence-electron chi connectivity index (χ0n) is 9.20. The van der Waals surface area contributed by atoms with Crippen LogP contribution in [0, 0.1) is 33.6 Å². The zero-order valence-corrected chi connectivity index (χ0v) is 9.20. The molecule has 0 fully saturated rings. The summed E-state index contributed by atoms with van der Waals surface area (Å²) in [7, 11) is 0. The standard InChI is InChI=1S/C11H7F2NO4/c1-2-18-10(15)4-3-7-5-8(12)11(14(16)17)9(13)6-7/h5-6H,2H2,1H3. The van der Waals surface area contributed by atoms with E-state index in [1.54, 1.807) is 6.92 Å². The molecule has 0 bridgehead atoms. The van der Waals surface area contributed by atoms with Crippen molar-refractivity contribution >= 4 is 11.7 Å². The van der Waals surface area contributed by atoms with Gasteiger partial charge in [-0.15, -0.1) is 0 Å². The number of esters is 1. The fourth-order valence-corrected chi connectivity index (χ4v) is 1.10. The van der Waals surface area contributed by atoms with Crippen LogP contribution in [0.2, 0.25) is 0 Å². The predicted octanol–water partition coefficient (Wildman–Crippen LogP) is 1.79. The Balaban J connectivity index is 3.07. The van der Waals surface area contributed by atoms with E-state index < -0.39 is 28.2 Å². The van der Waals surface area contributed by atoms with Crippen LogP contribution in [0.3, 0.4) is 0 Å². The number of hydrogen-bond acceptors (Lipinski definition) is 4. The van der Waals surface area contributed by atoms with Gasteiger partial charge in [0, 0.05) is 11.5 Å². The van der Waals surface area contributed by atoms with E-state index in [1.807, 2.05) is 5.92 Å². The van der Waals surface area contributed by atoms with Gasteiger partial charge >= 0.3 is 11.7 Å². The second kappa shape index (κ2) is 5.72. The van der Waals surface area contributed by atoms with Crippen LogP contribution < -0.4 is 0 Å². The number of benzene rings is 1. The molecule has 0 aliphatic heterocycles. The van der Waals surface area contributed by atoms with E-state index in [-0.39, 0.29) is 12.2 Å². The lowest BCUT2D eigenvalue weighted by molar-refractivity contribution is -0.390. The lowest BCUT2D eigenvalue weighted by Crippen LogP contribution is -2.00. The van der Waals surface area contributed by atoms with Crippen LogP contribution in [0.5, 0.6) is 0 Å². The third-order valence-corrected chi connectivity index (χ3v) is 1.78. The van der Waals surface area contributed by atoms with Gasteiger partial charge in [-0.1, -0.05) is 5.92 Å². The highest BCUT2D eigenvalue weighted by Gasteiger charge is 2.21. The summed E-state index contributed by atoms with van der Waals surface area (Å²) in [6.45, 7) is 1.70. The normalized spacial score (nSPS) is 9.28. The Bertz CT molecular complexity index is 537. The SMILES string of the molecule is CCOC(=O)C#Cc1cc(F)c([N+](=O)[O-])c(F)c1. The van der Waals surface area contributed by atoms with E-state index in [1.165, 1.54) is 0 Å². The first-order valence-corrected chi connectivity index (χ1v) is 4.78. The maximum absolute atomic E-state index is 13.2. The maximum atomic E-state index is 13.2. The molecular formula is C11H7F2NO4. The second-order valence-electron chi connectivity index (χ2n) is 3.02. The summed E-state index contributed by atoms with van der Waals surface area (Å²) in [4.78, 5) is 20.0. The number of carbonyl (C=O) groups is 1. The molecule has 0 heterocycles. The Morgan fingerprint density at radius 3 is 2.44 bits per heavy atom. The molecule has 1 aromatic carbocycles. The monoisotopic (exact) mass is 255 g/mol. The molecule has 0 radical (unpaired) electrons. The first-order valence-electron chi connectivity index (χ1n) is 4.78. The fraction of sp³-hybridized carbons (Fsp3) is 0.182. The summed E-state index contributed by atoms with van der Waals surface area (Å²) < 4.78 is 30.8. The number of rotatable bonds is 2. The largest absolute Gasteiger partial charge is 0.456 e. The summed E-state index contributed by atoms with van der Waals surface area (Å²) in [5, 5.41) is 10.3. The molecule has 0 aliphatic carbocycles. The lowest BCUT2D eigenvalue weighted by Gasteiger charge is -1.97. The summed E-state index contributed by atoms with van der Waals surface area (Å²) in [5.41, 5.74) is -1.44. The highest BCUT2D eigenvalue weighted by molar-refractivity contribution is 5.89. The van der Waals surface area contributed by atoms with Gasteiger partial charge in [-0.2, -0.15) is 8.78 Å². The van der Waals surface area contributed by atoms with Crippen LogP contribution >= 0.6 is 0 Å². The van der Waals surface area contributed by atoms with Crippen molar-refractivity contribution in [2.75, 3.05) is 6.61 Å². The molecule has 0 N–H and O–H groups in total. The summed E-state index contributed by atoms with van der Waals surface area (Å²) in [6, 6.07) is 1.35. The quantitative estimate of drug-likeness (QED) is 0.349. The van der Waals surface area contributed by atoms with Gasteiger partial charge in [0.2, 0.25) is 11.6 Å². The average molecular weight is 255 g/mol. The number of nitro groups is 1. The maximum Gasteiger partial charge on any atom is 0.384 e. The molecule has 0 saturated carbocycles. The molecule has 0 unspecified atom stereocenters. The summed E-state index contributed by atoms with van der Waals surface area (Å²) >= 11 is 0. The number of carbonyl (C=O) groups excluding carboxylic acids is 1. The molecule has 0 aromatic heterocycles. The molecule has 18 heavy (non-hydrogen) atoms. The van der Waals surface area contributed by atoms with Crippen molar-refractivity contribution in [3.63, 3.8) is 0 Å². The van der Waals surface area contributed by atoms with Crippen LogP contribution in [0.1, 0.15) is 12.5 Å². The molecule has 1 rings (SSSR count). The number of hydrogen-bond donors (Lipinski definition) is 0. The van der Waals surface area contributed by atoms with Gasteiger partial charge in [-0.05, 0) is 19.1 Å². The highest BCUT2D eigenvalue weighted by Crippen LogP contribution is 2.22. The van der Waals surface area contributed by atoms with Crippen molar-refractivity contribution in [1.29, 1.82) is 0 Å². The predicted molar refractivity (Wildman–Crippen MR) is 56.5 cm³/mol. The van der Waals surface area contributed by atoms with Gasteiger partial charge in [-0.25, -0.2) is 4.79 Å². The molecule has 0 spiro atoms. The van der Waals surface area contributed by atoms with E-state index in [4.69, 9.17) is 0 Å². The van der Waals surface area contributed by atoms with Gasteiger partial charge in [0.15, 0.2) is 0 Å². The molecule has 94 valence electrons. The molecule has 7 heteroatoms. The Hall–Kier alpha value is -2.49. The molecule has 1 aromatic rings. The number of ether oxygens (including phenoxy) is 1. The molecule has 0 aliphatic rings. The minimum atomic E-state index is -1.35. The molecule has 5 nitrogen and oxygen atoms in total. The van der Waals surface area contributed by atoms with Crippen LogP contribution in [0.25, 0.3) is 0 Å². The van der Waals surface area contributed by atoms with Gasteiger partial charge in [0.05, 0.1) is 11.5 Å². The lowest BCUT2D eigenvalue weighted by atomic mass is 10.2. The fourth-order valence-electron chi connectivity index (χ4n) is 1.10. The van der Waals surface area contributed by atoms with Crippen LogP contribution in [0.15, 0.2) is 12.1 Å². The van der Waals surface area contributed by atoms with E-state index in [0.717, 1.165) is 0 Å². The number of nitrogens with zero attached hydrogens (tertiary/aromatic N) is 1. The van der Waals surface area contributed by atoms with Crippen molar-refractivity contribution in [2.24, 2.45) is 0 Å². The van der Waals surface area contributed by atoms with E-state index in [9.17, 15) is 23.7 Å². The van der Waals surface area contributed by atoms with E-state index >= 15 is 0 Å². The van der Waals surface area contributed by atoms with Crippen LogP contribution in [0.4, 0.5) is 14.5 Å². The Morgan fingerprint density at radius 2 is 2.00 bits per heavy atom. The second-order valence-corrected chi connectivity index (χ2v) is 3.02. The van der Waals surface area contributed by atoms with Crippen molar-refractivity contribution < 1.29 is 23.2 Å². The Kier molecular flexibility index (Phi) is 4.32.